The molecule has 0 aliphatic carbocycles. The number of ether oxygens (including phenoxy) is 1. The van der Waals surface area contributed by atoms with Crippen LogP contribution in [0.15, 0.2) is 18.2 Å². The summed E-state index contributed by atoms with van der Waals surface area (Å²) in [5.74, 6) is 1.49. The molecule has 0 fully saturated rings. The van der Waals surface area contributed by atoms with Gasteiger partial charge in [0.1, 0.15) is 5.75 Å². The smallest absolute Gasteiger partial charge is 0.119 e. The normalized spacial score (nSPS) is 10.1. The van der Waals surface area contributed by atoms with E-state index < -0.39 is 0 Å². The lowest BCUT2D eigenvalue weighted by Crippen LogP contribution is -1.97. The summed E-state index contributed by atoms with van der Waals surface area (Å²) in [7, 11) is 0. The minimum absolute atomic E-state index is 0.632. The van der Waals surface area contributed by atoms with Crippen molar-refractivity contribution < 1.29 is 4.74 Å². The van der Waals surface area contributed by atoms with E-state index >= 15 is 0 Å². The van der Waals surface area contributed by atoms with Crippen LogP contribution in [0.5, 0.6) is 5.75 Å². The minimum Gasteiger partial charge on any atom is -0.494 e. The Bertz CT molecular complexity index is 274. The number of rotatable bonds is 4. The molecule has 1 aromatic rings. The summed E-state index contributed by atoms with van der Waals surface area (Å²) in [6, 6.07) is 5.63. The van der Waals surface area contributed by atoms with E-state index in [0.29, 0.717) is 12.5 Å². The molecule has 0 N–H and O–H groups in total. The van der Waals surface area contributed by atoms with Crippen molar-refractivity contribution >= 4 is 23.2 Å². The van der Waals surface area contributed by atoms with Gasteiger partial charge in [-0.25, -0.2) is 0 Å². The lowest BCUT2D eigenvalue weighted by Gasteiger charge is -2.06. The quantitative estimate of drug-likeness (QED) is 0.554. The molecule has 0 atom stereocenters. The van der Waals surface area contributed by atoms with Crippen LogP contribution in [0.4, 0.5) is 0 Å². The van der Waals surface area contributed by atoms with Crippen molar-refractivity contribution in [1.82, 2.24) is 0 Å². The van der Waals surface area contributed by atoms with Crippen molar-refractivity contribution in [2.45, 2.75) is 13.3 Å². The van der Waals surface area contributed by atoms with E-state index in [9.17, 15) is 0 Å². The van der Waals surface area contributed by atoms with Crippen LogP contribution >= 0.6 is 23.2 Å². The van der Waals surface area contributed by atoms with E-state index in [2.05, 4.69) is 0 Å². The van der Waals surface area contributed by atoms with Gasteiger partial charge < -0.3 is 4.74 Å². The van der Waals surface area contributed by atoms with E-state index in [0.717, 1.165) is 22.8 Å². The maximum atomic E-state index is 5.87. The van der Waals surface area contributed by atoms with Crippen LogP contribution in [0.25, 0.3) is 0 Å². The highest BCUT2D eigenvalue weighted by Gasteiger charge is 1.97. The average molecular weight is 219 g/mol. The van der Waals surface area contributed by atoms with Crippen LogP contribution in [-0.2, 0) is 0 Å². The first kappa shape index (κ1) is 10.7. The number of benzene rings is 1. The first-order valence-corrected chi connectivity index (χ1v) is 5.10. The van der Waals surface area contributed by atoms with E-state index in [4.69, 9.17) is 27.9 Å². The molecule has 3 heteroatoms. The second kappa shape index (κ2) is 5.36. The van der Waals surface area contributed by atoms with Gasteiger partial charge in [-0.3, -0.25) is 0 Å². The van der Waals surface area contributed by atoms with Gasteiger partial charge in [0.25, 0.3) is 0 Å². The summed E-state index contributed by atoms with van der Waals surface area (Å²) in [6.07, 6.45) is 0.864. The fraction of sp³-hybridized carbons (Fsp3) is 0.400. The molecule has 1 nitrogen and oxygen atoms in total. The molecule has 0 unspecified atom stereocenters. The van der Waals surface area contributed by atoms with E-state index in [1.54, 1.807) is 0 Å². The second-order valence-corrected chi connectivity index (χ2v) is 3.59. The molecular formula is C10H12Cl2O. The predicted octanol–water partition coefficient (Wildman–Crippen LogP) is 3.66. The molecule has 13 heavy (non-hydrogen) atoms. The number of hydrogen-bond acceptors (Lipinski definition) is 1. The lowest BCUT2D eigenvalue weighted by atomic mass is 10.2. The predicted molar refractivity (Wildman–Crippen MR) is 57.0 cm³/mol. The first-order valence-electron chi connectivity index (χ1n) is 4.19. The average Bonchev–Trinajstić information content (AvgIpc) is 2.12. The van der Waals surface area contributed by atoms with Crippen molar-refractivity contribution in [2.24, 2.45) is 0 Å². The molecule has 0 aromatic heterocycles. The van der Waals surface area contributed by atoms with Gasteiger partial charge in [0.15, 0.2) is 0 Å². The third-order valence-corrected chi connectivity index (χ3v) is 2.37. The number of halogens is 2. The molecule has 0 aliphatic rings. The zero-order valence-electron chi connectivity index (χ0n) is 7.52. The van der Waals surface area contributed by atoms with Crippen LogP contribution in [0.2, 0.25) is 5.02 Å². The Morgan fingerprint density at radius 2 is 2.15 bits per heavy atom. The highest BCUT2D eigenvalue weighted by molar-refractivity contribution is 6.31. The fourth-order valence-corrected chi connectivity index (χ4v) is 1.18. The van der Waals surface area contributed by atoms with E-state index in [1.165, 1.54) is 0 Å². The number of hydrogen-bond donors (Lipinski definition) is 0. The summed E-state index contributed by atoms with van der Waals surface area (Å²) in [5, 5.41) is 0.768. The Labute approximate surface area is 88.6 Å². The number of alkyl halides is 1. The Morgan fingerprint density at radius 3 is 2.77 bits per heavy atom. The Balaban J connectivity index is 2.53. The Kier molecular flexibility index (Phi) is 4.40. The van der Waals surface area contributed by atoms with Crippen molar-refractivity contribution in [3.8, 4) is 5.75 Å². The topological polar surface area (TPSA) is 9.23 Å². The summed E-state index contributed by atoms with van der Waals surface area (Å²) in [4.78, 5) is 0. The molecule has 72 valence electrons. The molecule has 1 rings (SSSR count). The van der Waals surface area contributed by atoms with Gasteiger partial charge in [0.2, 0.25) is 0 Å². The van der Waals surface area contributed by atoms with Gasteiger partial charge in [0.05, 0.1) is 6.61 Å². The van der Waals surface area contributed by atoms with Gasteiger partial charge in [-0.05, 0) is 37.1 Å². The van der Waals surface area contributed by atoms with Crippen LogP contribution < -0.4 is 4.74 Å². The Morgan fingerprint density at radius 1 is 1.38 bits per heavy atom. The van der Waals surface area contributed by atoms with E-state index in [1.807, 2.05) is 25.1 Å². The van der Waals surface area contributed by atoms with Crippen molar-refractivity contribution in [2.75, 3.05) is 12.5 Å². The fourth-order valence-electron chi connectivity index (χ4n) is 0.952. The lowest BCUT2D eigenvalue weighted by molar-refractivity contribution is 0.318. The largest absolute Gasteiger partial charge is 0.494 e. The molecular weight excluding hydrogens is 207 g/mol. The van der Waals surface area contributed by atoms with Crippen molar-refractivity contribution in [3.63, 3.8) is 0 Å². The zero-order chi connectivity index (χ0) is 9.68. The molecule has 0 aliphatic heterocycles. The summed E-state index contributed by atoms with van der Waals surface area (Å²) < 4.78 is 5.44. The maximum Gasteiger partial charge on any atom is 0.119 e. The number of aryl methyl sites for hydroxylation is 1. The molecule has 0 spiro atoms. The van der Waals surface area contributed by atoms with Crippen LogP contribution in [0.1, 0.15) is 12.0 Å². The standard InChI is InChI=1S/C10H12Cl2O/c1-8-7-9(3-4-10(8)12)13-6-2-5-11/h3-4,7H,2,5-6H2,1H3. The monoisotopic (exact) mass is 218 g/mol. The molecule has 1 aromatic carbocycles. The van der Waals surface area contributed by atoms with Gasteiger partial charge in [-0.15, -0.1) is 11.6 Å². The highest BCUT2D eigenvalue weighted by atomic mass is 35.5. The minimum atomic E-state index is 0.632. The summed E-state index contributed by atoms with van der Waals surface area (Å²) in [6.45, 7) is 2.61. The van der Waals surface area contributed by atoms with Crippen LogP contribution in [0.3, 0.4) is 0 Å². The van der Waals surface area contributed by atoms with Crippen molar-refractivity contribution in [1.29, 1.82) is 0 Å². The van der Waals surface area contributed by atoms with E-state index in [-0.39, 0.29) is 0 Å². The molecule has 0 radical (unpaired) electrons. The molecule has 0 bridgehead atoms. The summed E-state index contributed by atoms with van der Waals surface area (Å²) in [5.41, 5.74) is 1.03. The zero-order valence-corrected chi connectivity index (χ0v) is 9.03. The third kappa shape index (κ3) is 3.45. The second-order valence-electron chi connectivity index (χ2n) is 2.80. The van der Waals surface area contributed by atoms with Gasteiger partial charge in [-0.1, -0.05) is 11.6 Å². The van der Waals surface area contributed by atoms with Crippen LogP contribution in [0, 0.1) is 6.92 Å². The SMILES string of the molecule is Cc1cc(OCCCCl)ccc1Cl. The van der Waals surface area contributed by atoms with Gasteiger partial charge in [0, 0.05) is 10.9 Å². The van der Waals surface area contributed by atoms with Gasteiger partial charge in [-0.2, -0.15) is 0 Å². The van der Waals surface area contributed by atoms with Crippen molar-refractivity contribution in [3.05, 3.63) is 28.8 Å². The summed E-state index contributed by atoms with van der Waals surface area (Å²) >= 11 is 11.4. The molecule has 0 saturated heterocycles. The molecule has 0 saturated carbocycles. The molecule has 0 amide bonds. The van der Waals surface area contributed by atoms with Gasteiger partial charge >= 0.3 is 0 Å². The Hall–Kier alpha value is -0.400. The maximum absolute atomic E-state index is 5.87. The highest BCUT2D eigenvalue weighted by Crippen LogP contribution is 2.20. The van der Waals surface area contributed by atoms with Crippen LogP contribution in [-0.4, -0.2) is 12.5 Å². The third-order valence-electron chi connectivity index (χ3n) is 1.68. The molecule has 0 heterocycles. The first-order chi connectivity index (χ1) is 6.24.